The van der Waals surface area contributed by atoms with E-state index in [9.17, 15) is 9.59 Å². The normalized spacial score (nSPS) is 12.1. The van der Waals surface area contributed by atoms with Crippen LogP contribution < -0.4 is 11.1 Å². The lowest BCUT2D eigenvalue weighted by Crippen LogP contribution is -2.31. The van der Waals surface area contributed by atoms with E-state index in [2.05, 4.69) is 10.3 Å². The number of nitrogens with two attached hydrogens (primary N) is 1. The zero-order valence-corrected chi connectivity index (χ0v) is 9.58. The maximum Gasteiger partial charge on any atom is 0.308 e. The molecular formula is C9H13N3O3S. The van der Waals surface area contributed by atoms with Crippen LogP contribution in [-0.2, 0) is 11.3 Å². The standard InChI is InChI=1S/C9H13N3O3S/c1-5(9(14)15)3-11-8(13)6-4-16-7(2-10)12-6/h4-5H,2-3,10H2,1H3,(H,11,13)(H,14,15). The van der Waals surface area contributed by atoms with Crippen molar-refractivity contribution >= 4 is 23.2 Å². The van der Waals surface area contributed by atoms with E-state index in [0.717, 1.165) is 0 Å². The third-order valence-electron chi connectivity index (χ3n) is 1.95. The fourth-order valence-corrected chi connectivity index (χ4v) is 1.59. The minimum atomic E-state index is -0.943. The molecule has 0 radical (unpaired) electrons. The number of aliphatic carboxylic acids is 1. The highest BCUT2D eigenvalue weighted by molar-refractivity contribution is 7.09. The van der Waals surface area contributed by atoms with Crippen molar-refractivity contribution in [1.29, 1.82) is 0 Å². The number of aromatic nitrogens is 1. The number of carboxylic acid groups (broad SMARTS) is 1. The second kappa shape index (κ2) is 5.57. The van der Waals surface area contributed by atoms with E-state index in [1.54, 1.807) is 5.38 Å². The molecule has 0 aliphatic rings. The molecule has 6 nitrogen and oxygen atoms in total. The van der Waals surface area contributed by atoms with Crippen LogP contribution in [0.3, 0.4) is 0 Å². The van der Waals surface area contributed by atoms with Crippen LogP contribution in [0, 0.1) is 5.92 Å². The average molecular weight is 243 g/mol. The van der Waals surface area contributed by atoms with Gasteiger partial charge >= 0.3 is 5.97 Å². The Labute approximate surface area is 96.5 Å². The van der Waals surface area contributed by atoms with Gasteiger partial charge in [-0.15, -0.1) is 11.3 Å². The molecule has 1 aromatic rings. The highest BCUT2D eigenvalue weighted by atomic mass is 32.1. The molecule has 1 aromatic heterocycles. The summed E-state index contributed by atoms with van der Waals surface area (Å²) in [7, 11) is 0. The first-order chi connectivity index (χ1) is 7.54. The molecule has 1 atom stereocenters. The molecule has 7 heteroatoms. The SMILES string of the molecule is CC(CNC(=O)c1csc(CN)n1)C(=O)O. The van der Waals surface area contributed by atoms with Gasteiger partial charge in [0, 0.05) is 18.5 Å². The molecule has 0 aromatic carbocycles. The van der Waals surface area contributed by atoms with Crippen molar-refractivity contribution in [2.45, 2.75) is 13.5 Å². The predicted octanol–water partition coefficient (Wildman–Crippen LogP) is 0.0523. The quantitative estimate of drug-likeness (QED) is 0.677. The lowest BCUT2D eigenvalue weighted by Gasteiger charge is -2.06. The van der Waals surface area contributed by atoms with Crippen LogP contribution in [0.5, 0.6) is 0 Å². The third kappa shape index (κ3) is 3.28. The molecule has 0 bridgehead atoms. The van der Waals surface area contributed by atoms with Crippen LogP contribution in [0.4, 0.5) is 0 Å². The second-order valence-electron chi connectivity index (χ2n) is 3.28. The van der Waals surface area contributed by atoms with Gasteiger partial charge in [-0.2, -0.15) is 0 Å². The number of nitrogens with zero attached hydrogens (tertiary/aromatic N) is 1. The third-order valence-corrected chi connectivity index (χ3v) is 2.82. The summed E-state index contributed by atoms with van der Waals surface area (Å²) in [5.41, 5.74) is 5.64. The van der Waals surface area contributed by atoms with Crippen molar-refractivity contribution < 1.29 is 14.7 Å². The molecule has 0 fully saturated rings. The topological polar surface area (TPSA) is 105 Å². The second-order valence-corrected chi connectivity index (χ2v) is 4.22. The maximum atomic E-state index is 11.5. The van der Waals surface area contributed by atoms with Crippen molar-refractivity contribution in [3.63, 3.8) is 0 Å². The van der Waals surface area contributed by atoms with Gasteiger partial charge in [-0.1, -0.05) is 6.92 Å². The Morgan fingerprint density at radius 1 is 1.69 bits per heavy atom. The van der Waals surface area contributed by atoms with Crippen molar-refractivity contribution in [1.82, 2.24) is 10.3 Å². The number of thiazole rings is 1. The molecular weight excluding hydrogens is 230 g/mol. The van der Waals surface area contributed by atoms with Crippen molar-refractivity contribution in [2.75, 3.05) is 6.54 Å². The Kier molecular flexibility index (Phi) is 4.39. The van der Waals surface area contributed by atoms with Crippen molar-refractivity contribution in [3.8, 4) is 0 Å². The summed E-state index contributed by atoms with van der Waals surface area (Å²) in [6, 6.07) is 0. The first-order valence-corrected chi connectivity index (χ1v) is 5.58. The van der Waals surface area contributed by atoms with Crippen LogP contribution in [0.1, 0.15) is 22.4 Å². The number of rotatable bonds is 5. The molecule has 1 rings (SSSR count). The van der Waals surface area contributed by atoms with E-state index < -0.39 is 11.9 Å². The molecule has 0 spiro atoms. The molecule has 1 amide bonds. The predicted molar refractivity (Wildman–Crippen MR) is 59.1 cm³/mol. The monoisotopic (exact) mass is 243 g/mol. The van der Waals surface area contributed by atoms with Crippen LogP contribution in [-0.4, -0.2) is 28.5 Å². The van der Waals surface area contributed by atoms with Gasteiger partial charge in [0.05, 0.1) is 5.92 Å². The molecule has 1 unspecified atom stereocenters. The van der Waals surface area contributed by atoms with Gasteiger partial charge in [0.2, 0.25) is 0 Å². The van der Waals surface area contributed by atoms with E-state index in [4.69, 9.17) is 10.8 Å². The summed E-state index contributed by atoms with van der Waals surface area (Å²) in [5, 5.41) is 13.4. The summed E-state index contributed by atoms with van der Waals surface area (Å²) >= 11 is 1.31. The van der Waals surface area contributed by atoms with Crippen LogP contribution >= 0.6 is 11.3 Å². The minimum Gasteiger partial charge on any atom is -0.481 e. The van der Waals surface area contributed by atoms with E-state index in [1.807, 2.05) is 0 Å². The minimum absolute atomic E-state index is 0.0870. The fourth-order valence-electron chi connectivity index (χ4n) is 0.933. The Bertz CT molecular complexity index is 391. The first kappa shape index (κ1) is 12.6. The van der Waals surface area contributed by atoms with E-state index in [-0.39, 0.29) is 18.1 Å². The summed E-state index contributed by atoms with van der Waals surface area (Å²) in [6.07, 6.45) is 0. The van der Waals surface area contributed by atoms with Crippen molar-refractivity contribution in [3.05, 3.63) is 16.1 Å². The number of carbonyl (C=O) groups is 2. The highest BCUT2D eigenvalue weighted by Gasteiger charge is 2.14. The smallest absolute Gasteiger partial charge is 0.308 e. The van der Waals surface area contributed by atoms with Gasteiger partial charge in [0.1, 0.15) is 10.7 Å². The van der Waals surface area contributed by atoms with E-state index in [1.165, 1.54) is 18.3 Å². The zero-order chi connectivity index (χ0) is 12.1. The number of carboxylic acids is 1. The average Bonchev–Trinajstić information content (AvgIpc) is 2.73. The van der Waals surface area contributed by atoms with Crippen molar-refractivity contribution in [2.24, 2.45) is 11.7 Å². The molecule has 16 heavy (non-hydrogen) atoms. The lowest BCUT2D eigenvalue weighted by atomic mass is 10.2. The van der Waals surface area contributed by atoms with Gasteiger partial charge in [0.15, 0.2) is 0 Å². The molecule has 1 heterocycles. The number of hydrogen-bond acceptors (Lipinski definition) is 5. The summed E-state index contributed by atoms with van der Waals surface area (Å²) in [6.45, 7) is 1.90. The van der Waals surface area contributed by atoms with Gasteiger partial charge in [-0.05, 0) is 0 Å². The summed E-state index contributed by atoms with van der Waals surface area (Å²) in [5.74, 6) is -1.93. The Morgan fingerprint density at radius 2 is 2.38 bits per heavy atom. The maximum absolute atomic E-state index is 11.5. The highest BCUT2D eigenvalue weighted by Crippen LogP contribution is 2.08. The number of carbonyl (C=O) groups excluding carboxylic acids is 1. The van der Waals surface area contributed by atoms with E-state index >= 15 is 0 Å². The van der Waals surface area contributed by atoms with Gasteiger partial charge < -0.3 is 16.2 Å². The summed E-state index contributed by atoms with van der Waals surface area (Å²) < 4.78 is 0. The Balaban J connectivity index is 2.49. The lowest BCUT2D eigenvalue weighted by molar-refractivity contribution is -0.140. The van der Waals surface area contributed by atoms with Gasteiger partial charge in [-0.3, -0.25) is 9.59 Å². The van der Waals surface area contributed by atoms with Gasteiger partial charge in [0.25, 0.3) is 5.91 Å². The summed E-state index contributed by atoms with van der Waals surface area (Å²) in [4.78, 5) is 26.0. The Hall–Kier alpha value is -1.47. The number of hydrogen-bond donors (Lipinski definition) is 3. The molecule has 88 valence electrons. The van der Waals surface area contributed by atoms with Crippen LogP contribution in [0.25, 0.3) is 0 Å². The first-order valence-electron chi connectivity index (χ1n) is 4.70. The molecule has 0 aliphatic heterocycles. The largest absolute Gasteiger partial charge is 0.481 e. The molecule has 0 saturated carbocycles. The zero-order valence-electron chi connectivity index (χ0n) is 8.77. The number of amides is 1. The fraction of sp³-hybridized carbons (Fsp3) is 0.444. The number of nitrogens with one attached hydrogen (secondary N) is 1. The van der Waals surface area contributed by atoms with Crippen LogP contribution in [0.2, 0.25) is 0 Å². The van der Waals surface area contributed by atoms with Crippen LogP contribution in [0.15, 0.2) is 5.38 Å². The molecule has 0 saturated heterocycles. The Morgan fingerprint density at radius 3 is 2.88 bits per heavy atom. The van der Waals surface area contributed by atoms with E-state index in [0.29, 0.717) is 11.6 Å². The molecule has 4 N–H and O–H groups in total. The van der Waals surface area contributed by atoms with Gasteiger partial charge in [-0.25, -0.2) is 4.98 Å². The molecule has 0 aliphatic carbocycles.